The maximum absolute atomic E-state index is 12.1. The maximum atomic E-state index is 12.1. The average molecular weight is 335 g/mol. The quantitative estimate of drug-likeness (QED) is 0.413. The summed E-state index contributed by atoms with van der Waals surface area (Å²) in [4.78, 5) is 29.2. The van der Waals surface area contributed by atoms with Crippen LogP contribution in [0, 0.1) is 0 Å². The maximum Gasteiger partial charge on any atom is 0.357 e. The fourth-order valence-electron chi connectivity index (χ4n) is 1.66. The molecule has 8 heteroatoms. The summed E-state index contributed by atoms with van der Waals surface area (Å²) in [6, 6.07) is 0. The molecule has 1 aromatic heterocycles. The minimum absolute atomic E-state index is 0.164. The molecule has 1 aromatic rings. The van der Waals surface area contributed by atoms with Crippen LogP contribution in [0.5, 0.6) is 0 Å². The summed E-state index contributed by atoms with van der Waals surface area (Å²) in [7, 11) is 2.91. The lowest BCUT2D eigenvalue weighted by Crippen LogP contribution is -2.36. The Morgan fingerprint density at radius 2 is 2.19 bits per heavy atom. The van der Waals surface area contributed by atoms with Crippen molar-refractivity contribution in [3.05, 3.63) is 16.1 Å². The van der Waals surface area contributed by atoms with Crippen LogP contribution in [0.25, 0.3) is 0 Å². The van der Waals surface area contributed by atoms with Gasteiger partial charge >= 0.3 is 5.97 Å². The first-order valence-corrected chi connectivity index (χ1v) is 7.75. The fourth-order valence-corrected chi connectivity index (χ4v) is 2.58. The highest BCUT2D eigenvalue weighted by molar-refractivity contribution is 7.09. The number of ether oxygens (including phenoxy) is 2. The van der Waals surface area contributed by atoms with Gasteiger partial charge in [-0.1, -0.05) is 0 Å². The third-order valence-electron chi connectivity index (χ3n) is 2.70. The second-order valence-electron chi connectivity index (χ2n) is 4.34. The summed E-state index contributed by atoms with van der Waals surface area (Å²) in [5.41, 5.74) is 0.251. The zero-order valence-electron chi connectivity index (χ0n) is 12.3. The molecule has 6 nitrogen and oxygen atoms in total. The summed E-state index contributed by atoms with van der Waals surface area (Å²) in [6.07, 6.45) is 0.709. The van der Waals surface area contributed by atoms with Gasteiger partial charge < -0.3 is 14.4 Å². The van der Waals surface area contributed by atoms with Crippen molar-refractivity contribution >= 4 is 34.8 Å². The van der Waals surface area contributed by atoms with Gasteiger partial charge in [0.05, 0.1) is 13.7 Å². The Bertz CT molecular complexity index is 478. The number of hydrogen-bond donors (Lipinski definition) is 0. The lowest BCUT2D eigenvalue weighted by molar-refractivity contribution is -0.131. The summed E-state index contributed by atoms with van der Waals surface area (Å²) < 4.78 is 9.59. The minimum atomic E-state index is -0.604. The van der Waals surface area contributed by atoms with Crippen molar-refractivity contribution in [3.63, 3.8) is 0 Å². The van der Waals surface area contributed by atoms with Crippen LogP contribution in [-0.4, -0.2) is 54.5 Å². The number of nitrogens with zero attached hydrogens (tertiary/aromatic N) is 2. The molecule has 0 spiro atoms. The van der Waals surface area contributed by atoms with Gasteiger partial charge in [-0.15, -0.1) is 22.9 Å². The van der Waals surface area contributed by atoms with Crippen LogP contribution >= 0.6 is 22.9 Å². The van der Waals surface area contributed by atoms with E-state index in [0.717, 1.165) is 0 Å². The van der Waals surface area contributed by atoms with Crippen molar-refractivity contribution in [2.75, 3.05) is 27.4 Å². The molecule has 21 heavy (non-hydrogen) atoms. The molecule has 0 saturated carbocycles. The molecule has 0 aliphatic carbocycles. The van der Waals surface area contributed by atoms with Gasteiger partial charge in [0, 0.05) is 25.6 Å². The third-order valence-corrected chi connectivity index (χ3v) is 3.72. The molecule has 0 fully saturated rings. The number of methoxy groups -OCH3 is 2. The Kier molecular flexibility index (Phi) is 7.63. The van der Waals surface area contributed by atoms with Crippen molar-refractivity contribution in [2.24, 2.45) is 0 Å². The molecule has 0 aromatic carbocycles. The zero-order chi connectivity index (χ0) is 15.8. The molecule has 0 N–H and O–H groups in total. The first-order chi connectivity index (χ1) is 9.99. The van der Waals surface area contributed by atoms with E-state index in [1.807, 2.05) is 0 Å². The molecule has 1 atom stereocenters. The summed E-state index contributed by atoms with van der Waals surface area (Å²) in [6.45, 7) is 3.04. The highest BCUT2D eigenvalue weighted by Crippen LogP contribution is 2.15. The van der Waals surface area contributed by atoms with Gasteiger partial charge in [-0.3, -0.25) is 4.79 Å². The number of hydrogen-bond acceptors (Lipinski definition) is 6. The van der Waals surface area contributed by atoms with Gasteiger partial charge in [0.25, 0.3) is 0 Å². The van der Waals surface area contributed by atoms with Crippen molar-refractivity contribution in [1.82, 2.24) is 9.88 Å². The number of carbonyl (C=O) groups is 2. The number of rotatable bonds is 8. The van der Waals surface area contributed by atoms with Gasteiger partial charge in [-0.25, -0.2) is 9.78 Å². The smallest absolute Gasteiger partial charge is 0.357 e. The predicted molar refractivity (Wildman–Crippen MR) is 80.7 cm³/mol. The van der Waals surface area contributed by atoms with Crippen molar-refractivity contribution in [2.45, 2.75) is 25.3 Å². The molecule has 0 radical (unpaired) electrons. The number of thiazole rings is 1. The monoisotopic (exact) mass is 334 g/mol. The third kappa shape index (κ3) is 5.61. The Hall–Kier alpha value is -1.18. The minimum Gasteiger partial charge on any atom is -0.464 e. The first-order valence-electron chi connectivity index (χ1n) is 6.44. The molecule has 0 aliphatic rings. The van der Waals surface area contributed by atoms with Crippen LogP contribution in [0.1, 0.15) is 28.8 Å². The molecule has 1 heterocycles. The summed E-state index contributed by atoms with van der Waals surface area (Å²) in [5.74, 6) is -0.650. The topological polar surface area (TPSA) is 68.7 Å². The molecular formula is C13H19ClN2O4S. The molecule has 0 saturated heterocycles. The van der Waals surface area contributed by atoms with Crippen LogP contribution in [0.2, 0.25) is 0 Å². The Morgan fingerprint density at radius 3 is 2.76 bits per heavy atom. The van der Waals surface area contributed by atoms with E-state index in [-0.39, 0.29) is 11.6 Å². The van der Waals surface area contributed by atoms with E-state index in [1.165, 1.54) is 18.4 Å². The van der Waals surface area contributed by atoms with Crippen LogP contribution < -0.4 is 0 Å². The molecule has 118 valence electrons. The number of aromatic nitrogens is 1. The Morgan fingerprint density at radius 1 is 1.48 bits per heavy atom. The number of halogens is 1. The standard InChI is InChI=1S/C13H19ClN2O4S/c1-9(14)12(17)16(5-4-6-19-2)7-11-15-10(8-21-11)13(18)20-3/h8-9H,4-7H2,1-3H3/t9-/m0/s1. The molecule has 0 aliphatic heterocycles. The van der Waals surface area contributed by atoms with E-state index >= 15 is 0 Å². The molecule has 0 unspecified atom stereocenters. The van der Waals surface area contributed by atoms with E-state index < -0.39 is 11.3 Å². The zero-order valence-corrected chi connectivity index (χ0v) is 13.9. The van der Waals surface area contributed by atoms with Crippen LogP contribution in [0.3, 0.4) is 0 Å². The Balaban J connectivity index is 2.73. The lowest BCUT2D eigenvalue weighted by Gasteiger charge is -2.22. The second kappa shape index (κ2) is 8.96. The van der Waals surface area contributed by atoms with Crippen molar-refractivity contribution in [3.8, 4) is 0 Å². The lowest BCUT2D eigenvalue weighted by atomic mass is 10.3. The SMILES string of the molecule is COCCCN(Cc1nc(C(=O)OC)cs1)C(=O)[C@H](C)Cl. The van der Waals surface area contributed by atoms with Crippen molar-refractivity contribution < 1.29 is 19.1 Å². The predicted octanol–water partition coefficient (Wildman–Crippen LogP) is 1.92. The van der Waals surface area contributed by atoms with Gasteiger partial charge in [0.2, 0.25) is 5.91 Å². The van der Waals surface area contributed by atoms with Gasteiger partial charge in [0.1, 0.15) is 10.4 Å². The van der Waals surface area contributed by atoms with E-state index in [1.54, 1.807) is 24.3 Å². The molecule has 0 bridgehead atoms. The van der Waals surface area contributed by atoms with E-state index in [2.05, 4.69) is 9.72 Å². The van der Waals surface area contributed by atoms with Crippen LogP contribution in [0.4, 0.5) is 0 Å². The normalized spacial score (nSPS) is 12.0. The van der Waals surface area contributed by atoms with E-state index in [4.69, 9.17) is 16.3 Å². The number of amides is 1. The van der Waals surface area contributed by atoms with E-state index in [9.17, 15) is 9.59 Å². The fraction of sp³-hybridized carbons (Fsp3) is 0.615. The summed E-state index contributed by atoms with van der Waals surface area (Å²) >= 11 is 7.18. The molecular weight excluding hydrogens is 316 g/mol. The van der Waals surface area contributed by atoms with Gasteiger partial charge in [-0.2, -0.15) is 0 Å². The highest BCUT2D eigenvalue weighted by Gasteiger charge is 2.20. The van der Waals surface area contributed by atoms with Gasteiger partial charge in [-0.05, 0) is 13.3 Å². The summed E-state index contributed by atoms with van der Waals surface area (Å²) in [5, 5.41) is 1.68. The molecule has 1 amide bonds. The number of alkyl halides is 1. The van der Waals surface area contributed by atoms with Crippen LogP contribution in [-0.2, 0) is 20.8 Å². The Labute approximate surface area is 133 Å². The number of esters is 1. The molecule has 1 rings (SSSR count). The van der Waals surface area contributed by atoms with Crippen molar-refractivity contribution in [1.29, 1.82) is 0 Å². The average Bonchev–Trinajstić information content (AvgIpc) is 2.93. The second-order valence-corrected chi connectivity index (χ2v) is 5.94. The number of carbonyl (C=O) groups excluding carboxylic acids is 2. The van der Waals surface area contributed by atoms with E-state index in [0.29, 0.717) is 31.1 Å². The van der Waals surface area contributed by atoms with Gasteiger partial charge in [0.15, 0.2) is 5.69 Å². The highest BCUT2D eigenvalue weighted by atomic mass is 35.5. The van der Waals surface area contributed by atoms with Crippen LogP contribution in [0.15, 0.2) is 5.38 Å². The first kappa shape index (κ1) is 17.9. The largest absolute Gasteiger partial charge is 0.464 e.